The van der Waals surface area contributed by atoms with E-state index in [4.69, 9.17) is 10.5 Å². The molecule has 1 aromatic carbocycles. The van der Waals surface area contributed by atoms with Crippen LogP contribution in [0.2, 0.25) is 0 Å². The number of ether oxygens (including phenoxy) is 1. The maximum absolute atomic E-state index is 6.02. The number of nitrogens with zero attached hydrogens (tertiary/aromatic N) is 2. The molecule has 4 heteroatoms. The van der Waals surface area contributed by atoms with E-state index < -0.39 is 0 Å². The van der Waals surface area contributed by atoms with Gasteiger partial charge in [0.05, 0.1) is 7.11 Å². The Bertz CT molecular complexity index is 413. The Morgan fingerprint density at radius 1 is 1.29 bits per heavy atom. The van der Waals surface area contributed by atoms with Gasteiger partial charge in [0.2, 0.25) is 0 Å². The molecule has 4 nitrogen and oxygen atoms in total. The summed E-state index contributed by atoms with van der Waals surface area (Å²) in [5.41, 5.74) is 7.29. The topological polar surface area (TPSA) is 41.7 Å². The highest BCUT2D eigenvalue weighted by Gasteiger charge is 2.22. The van der Waals surface area contributed by atoms with Crippen LogP contribution in [0.3, 0.4) is 0 Å². The number of hydrogen-bond donors (Lipinski definition) is 1. The van der Waals surface area contributed by atoms with Crippen molar-refractivity contribution in [1.82, 2.24) is 9.80 Å². The first-order valence-corrected chi connectivity index (χ1v) is 7.86. The van der Waals surface area contributed by atoms with Crippen molar-refractivity contribution in [2.75, 3.05) is 47.4 Å². The fourth-order valence-corrected chi connectivity index (χ4v) is 3.18. The lowest BCUT2D eigenvalue weighted by atomic mass is 9.95. The van der Waals surface area contributed by atoms with E-state index in [2.05, 4.69) is 36.0 Å². The maximum Gasteiger partial charge on any atom is 0.118 e. The summed E-state index contributed by atoms with van der Waals surface area (Å²) in [5.74, 6) is 1.69. The Balaban J connectivity index is 1.95. The van der Waals surface area contributed by atoms with Crippen molar-refractivity contribution in [2.45, 2.75) is 18.9 Å². The highest BCUT2D eigenvalue weighted by molar-refractivity contribution is 5.29. The lowest BCUT2D eigenvalue weighted by molar-refractivity contribution is 0.151. The smallest absolute Gasteiger partial charge is 0.118 e. The number of likely N-dealkylation sites (N-methyl/N-ethyl adjacent to an activating group) is 1. The van der Waals surface area contributed by atoms with Gasteiger partial charge in [0.25, 0.3) is 0 Å². The minimum atomic E-state index is 0.288. The summed E-state index contributed by atoms with van der Waals surface area (Å²) >= 11 is 0. The second kappa shape index (κ2) is 7.78. The summed E-state index contributed by atoms with van der Waals surface area (Å²) in [5, 5.41) is 0. The zero-order valence-corrected chi connectivity index (χ0v) is 13.6. The van der Waals surface area contributed by atoms with Crippen LogP contribution in [0, 0.1) is 5.92 Å². The third kappa shape index (κ3) is 4.43. The van der Waals surface area contributed by atoms with Crippen molar-refractivity contribution in [3.05, 3.63) is 29.8 Å². The van der Waals surface area contributed by atoms with Gasteiger partial charge in [-0.3, -0.25) is 4.90 Å². The third-order valence-corrected chi connectivity index (χ3v) is 4.64. The number of methoxy groups -OCH3 is 1. The number of benzene rings is 1. The average Bonchev–Trinajstić information content (AvgIpc) is 2.51. The van der Waals surface area contributed by atoms with E-state index in [9.17, 15) is 0 Å². The number of rotatable bonds is 6. The van der Waals surface area contributed by atoms with Crippen LogP contribution in [0.15, 0.2) is 24.3 Å². The van der Waals surface area contributed by atoms with E-state index in [-0.39, 0.29) is 6.04 Å². The van der Waals surface area contributed by atoms with Crippen LogP contribution < -0.4 is 10.5 Å². The van der Waals surface area contributed by atoms with Crippen LogP contribution in [0.4, 0.5) is 0 Å². The van der Waals surface area contributed by atoms with E-state index in [1.165, 1.54) is 31.5 Å². The molecule has 21 heavy (non-hydrogen) atoms. The highest BCUT2D eigenvalue weighted by atomic mass is 16.5. The molecule has 1 aromatic rings. The van der Waals surface area contributed by atoms with Crippen LogP contribution in [-0.2, 0) is 0 Å². The molecule has 1 atom stereocenters. The van der Waals surface area contributed by atoms with Gasteiger partial charge >= 0.3 is 0 Å². The molecular formula is C17H29N3O. The van der Waals surface area contributed by atoms with Gasteiger partial charge in [-0.2, -0.15) is 0 Å². The summed E-state index contributed by atoms with van der Waals surface area (Å²) in [7, 11) is 6.10. The number of piperidine rings is 1. The summed E-state index contributed by atoms with van der Waals surface area (Å²) in [4.78, 5) is 4.83. The fraction of sp³-hybridized carbons (Fsp3) is 0.647. The predicted octanol–water partition coefficient (Wildman–Crippen LogP) is 1.97. The molecule has 2 N–H and O–H groups in total. The second-order valence-electron chi connectivity index (χ2n) is 6.21. The quantitative estimate of drug-likeness (QED) is 0.870. The molecule has 0 aliphatic carbocycles. The Hall–Kier alpha value is -1.10. The molecule has 1 aliphatic heterocycles. The molecule has 1 fully saturated rings. The number of nitrogens with two attached hydrogens (primary N) is 1. The van der Waals surface area contributed by atoms with Gasteiger partial charge in [-0.15, -0.1) is 0 Å². The molecule has 1 heterocycles. The molecule has 1 aliphatic rings. The summed E-state index contributed by atoms with van der Waals surface area (Å²) in [6, 6.07) is 8.57. The molecule has 118 valence electrons. The van der Waals surface area contributed by atoms with Crippen molar-refractivity contribution >= 4 is 0 Å². The number of likely N-dealkylation sites (tertiary alicyclic amines) is 1. The molecule has 0 saturated carbocycles. The molecule has 0 radical (unpaired) electrons. The Labute approximate surface area is 128 Å². The average molecular weight is 291 g/mol. The SMILES string of the molecule is COc1ccc(C(CN)N(C)CC2CCN(C)CC2)cc1. The second-order valence-corrected chi connectivity index (χ2v) is 6.21. The Morgan fingerprint density at radius 2 is 1.90 bits per heavy atom. The van der Waals surface area contributed by atoms with Gasteiger partial charge in [0, 0.05) is 19.1 Å². The molecule has 1 unspecified atom stereocenters. The fourth-order valence-electron chi connectivity index (χ4n) is 3.18. The highest BCUT2D eigenvalue weighted by Crippen LogP contribution is 2.24. The van der Waals surface area contributed by atoms with Gasteiger partial charge in [0.1, 0.15) is 5.75 Å². The van der Waals surface area contributed by atoms with Crippen molar-refractivity contribution in [3.63, 3.8) is 0 Å². The van der Waals surface area contributed by atoms with Gasteiger partial charge in [-0.1, -0.05) is 12.1 Å². The van der Waals surface area contributed by atoms with Crippen molar-refractivity contribution in [3.8, 4) is 5.75 Å². The summed E-state index contributed by atoms with van der Waals surface area (Å²) < 4.78 is 5.23. The molecule has 1 saturated heterocycles. The van der Waals surface area contributed by atoms with Crippen LogP contribution in [0.25, 0.3) is 0 Å². The van der Waals surface area contributed by atoms with Gasteiger partial charge in [0.15, 0.2) is 0 Å². The molecule has 2 rings (SSSR count). The van der Waals surface area contributed by atoms with Crippen LogP contribution in [0.5, 0.6) is 5.75 Å². The van der Waals surface area contributed by atoms with Crippen molar-refractivity contribution < 1.29 is 4.74 Å². The zero-order chi connectivity index (χ0) is 15.2. The standard InChI is InChI=1S/C17H29N3O/c1-19-10-8-14(9-11-19)13-20(2)17(12-18)15-4-6-16(21-3)7-5-15/h4-7,14,17H,8-13,18H2,1-3H3. The summed E-state index contributed by atoms with van der Waals surface area (Å²) in [6.45, 7) is 4.21. The maximum atomic E-state index is 6.02. The largest absolute Gasteiger partial charge is 0.497 e. The Morgan fingerprint density at radius 3 is 2.43 bits per heavy atom. The van der Waals surface area contributed by atoms with E-state index in [0.29, 0.717) is 6.54 Å². The minimum Gasteiger partial charge on any atom is -0.497 e. The minimum absolute atomic E-state index is 0.288. The van der Waals surface area contributed by atoms with Crippen LogP contribution in [0.1, 0.15) is 24.4 Å². The first kappa shape index (κ1) is 16.3. The van der Waals surface area contributed by atoms with E-state index in [0.717, 1.165) is 18.2 Å². The number of hydrogen-bond acceptors (Lipinski definition) is 4. The van der Waals surface area contributed by atoms with Crippen molar-refractivity contribution in [1.29, 1.82) is 0 Å². The van der Waals surface area contributed by atoms with E-state index in [1.54, 1.807) is 7.11 Å². The molecule has 0 bridgehead atoms. The van der Waals surface area contributed by atoms with Crippen LogP contribution >= 0.6 is 0 Å². The molecule has 0 aromatic heterocycles. The molecular weight excluding hydrogens is 262 g/mol. The van der Waals surface area contributed by atoms with E-state index >= 15 is 0 Å². The lowest BCUT2D eigenvalue weighted by Gasteiger charge is -2.35. The van der Waals surface area contributed by atoms with Gasteiger partial charge in [-0.25, -0.2) is 0 Å². The van der Waals surface area contributed by atoms with Crippen LogP contribution in [-0.4, -0.2) is 57.2 Å². The third-order valence-electron chi connectivity index (χ3n) is 4.64. The summed E-state index contributed by atoms with van der Waals surface area (Å²) in [6.07, 6.45) is 2.58. The predicted molar refractivity (Wildman–Crippen MR) is 87.6 cm³/mol. The van der Waals surface area contributed by atoms with Crippen molar-refractivity contribution in [2.24, 2.45) is 11.7 Å². The molecule has 0 amide bonds. The first-order valence-electron chi connectivity index (χ1n) is 7.86. The van der Waals surface area contributed by atoms with Gasteiger partial charge < -0.3 is 15.4 Å². The zero-order valence-electron chi connectivity index (χ0n) is 13.6. The monoisotopic (exact) mass is 291 g/mol. The molecule has 0 spiro atoms. The Kier molecular flexibility index (Phi) is 6.03. The van der Waals surface area contributed by atoms with Gasteiger partial charge in [-0.05, 0) is 63.6 Å². The first-order chi connectivity index (χ1) is 10.1. The van der Waals surface area contributed by atoms with E-state index in [1.807, 2.05) is 12.1 Å². The lowest BCUT2D eigenvalue weighted by Crippen LogP contribution is -2.38. The normalized spacial score (nSPS) is 18.9.